The Morgan fingerprint density at radius 1 is 1.45 bits per heavy atom. The quantitative estimate of drug-likeness (QED) is 0.698. The van der Waals surface area contributed by atoms with Gasteiger partial charge in [0, 0.05) is 12.2 Å². The van der Waals surface area contributed by atoms with Crippen LogP contribution in [0.15, 0.2) is 0 Å². The molecule has 0 fully saturated rings. The Bertz CT molecular complexity index is 138. The summed E-state index contributed by atoms with van der Waals surface area (Å²) in [6, 6.07) is 0. The zero-order valence-electron chi connectivity index (χ0n) is 7.76. The molecule has 0 amide bonds. The summed E-state index contributed by atoms with van der Waals surface area (Å²) < 4.78 is 0. The molecular weight excluding hydrogens is 160 g/mol. The van der Waals surface area contributed by atoms with Gasteiger partial charge >= 0.3 is 0 Å². The lowest BCUT2D eigenvalue weighted by Crippen LogP contribution is -2.19. The first-order chi connectivity index (χ1) is 4.81. The molecule has 3 heteroatoms. The van der Waals surface area contributed by atoms with Crippen LogP contribution in [0, 0.1) is 0 Å². The minimum atomic E-state index is -0.671. The number of aliphatic hydroxyl groups excluding tert-OH is 1. The standard InChI is InChI=1S/C8H18O2S/c1-7(9)5-8(10)6-11(2,3)4/h8,10H,5-6H2,1-4H3. The van der Waals surface area contributed by atoms with E-state index in [0.717, 1.165) is 5.75 Å². The third kappa shape index (κ3) is 7.88. The molecule has 0 aliphatic heterocycles. The molecule has 0 saturated carbocycles. The van der Waals surface area contributed by atoms with Crippen LogP contribution in [0.5, 0.6) is 0 Å². The monoisotopic (exact) mass is 178 g/mol. The Balaban J connectivity index is 3.69. The van der Waals surface area contributed by atoms with Gasteiger partial charge in [-0.1, -0.05) is 0 Å². The van der Waals surface area contributed by atoms with Crippen molar-refractivity contribution in [2.45, 2.75) is 19.4 Å². The molecule has 0 saturated heterocycles. The van der Waals surface area contributed by atoms with Gasteiger partial charge in [-0.15, -0.1) is 0 Å². The largest absolute Gasteiger partial charge is 0.392 e. The molecule has 11 heavy (non-hydrogen) atoms. The number of carbonyl (C=O) groups excluding carboxylic acids is 1. The van der Waals surface area contributed by atoms with E-state index in [2.05, 4.69) is 18.8 Å². The topological polar surface area (TPSA) is 37.3 Å². The van der Waals surface area contributed by atoms with E-state index in [1.54, 1.807) is 0 Å². The zero-order chi connectivity index (χ0) is 9.07. The lowest BCUT2D eigenvalue weighted by Gasteiger charge is -2.27. The summed E-state index contributed by atoms with van der Waals surface area (Å²) in [5, 5.41) is 9.36. The maximum absolute atomic E-state index is 10.6. The average Bonchev–Trinajstić information content (AvgIpc) is 1.53. The number of hydrogen-bond acceptors (Lipinski definition) is 2. The van der Waals surface area contributed by atoms with Gasteiger partial charge in [-0.25, -0.2) is 10.0 Å². The van der Waals surface area contributed by atoms with Crippen molar-refractivity contribution in [3.8, 4) is 0 Å². The number of ketones is 1. The van der Waals surface area contributed by atoms with Crippen LogP contribution >= 0.6 is 10.0 Å². The molecule has 0 rings (SSSR count). The van der Waals surface area contributed by atoms with Gasteiger partial charge in [-0.2, -0.15) is 0 Å². The molecule has 0 aromatic carbocycles. The minimum absolute atomic E-state index is 0.0705. The van der Waals surface area contributed by atoms with E-state index in [1.807, 2.05) is 0 Å². The molecule has 1 N–H and O–H groups in total. The summed E-state index contributed by atoms with van der Waals surface area (Å²) in [5.41, 5.74) is 0. The van der Waals surface area contributed by atoms with Crippen LogP contribution in [0.25, 0.3) is 0 Å². The third-order valence-electron chi connectivity index (χ3n) is 1.22. The van der Waals surface area contributed by atoms with E-state index >= 15 is 0 Å². The normalized spacial score (nSPS) is 16.1. The van der Waals surface area contributed by atoms with Crippen molar-refractivity contribution >= 4 is 15.8 Å². The highest BCUT2D eigenvalue weighted by atomic mass is 32.3. The van der Waals surface area contributed by atoms with E-state index in [9.17, 15) is 9.90 Å². The summed E-state index contributed by atoms with van der Waals surface area (Å²) in [7, 11) is -0.671. The fourth-order valence-electron chi connectivity index (χ4n) is 0.968. The molecule has 68 valence electrons. The van der Waals surface area contributed by atoms with Crippen molar-refractivity contribution in [3.63, 3.8) is 0 Å². The van der Waals surface area contributed by atoms with Crippen molar-refractivity contribution in [1.29, 1.82) is 0 Å². The van der Waals surface area contributed by atoms with Crippen LogP contribution in [0.2, 0.25) is 0 Å². The summed E-state index contributed by atoms with van der Waals surface area (Å²) in [6.07, 6.45) is 6.29. The van der Waals surface area contributed by atoms with Crippen molar-refractivity contribution in [2.24, 2.45) is 0 Å². The summed E-state index contributed by atoms with van der Waals surface area (Å²) in [6.45, 7) is 1.52. The van der Waals surface area contributed by atoms with Gasteiger partial charge in [-0.05, 0) is 25.7 Å². The van der Waals surface area contributed by atoms with Gasteiger partial charge in [0.1, 0.15) is 5.78 Å². The molecule has 1 atom stereocenters. The first-order valence-electron chi connectivity index (χ1n) is 3.65. The first-order valence-corrected chi connectivity index (χ1v) is 6.67. The Labute approximate surface area is 70.3 Å². The number of rotatable bonds is 4. The van der Waals surface area contributed by atoms with Crippen molar-refractivity contribution in [3.05, 3.63) is 0 Å². The maximum Gasteiger partial charge on any atom is 0.132 e. The van der Waals surface area contributed by atoms with E-state index in [1.165, 1.54) is 6.92 Å². The van der Waals surface area contributed by atoms with E-state index in [-0.39, 0.29) is 5.78 Å². The predicted molar refractivity (Wildman–Crippen MR) is 51.5 cm³/mol. The molecule has 2 nitrogen and oxygen atoms in total. The SMILES string of the molecule is CC(=O)CC(O)CS(C)(C)C. The highest BCUT2D eigenvalue weighted by Crippen LogP contribution is 2.35. The van der Waals surface area contributed by atoms with Crippen LogP contribution in [-0.2, 0) is 4.79 Å². The fraction of sp³-hybridized carbons (Fsp3) is 0.875. The molecule has 0 aliphatic carbocycles. The van der Waals surface area contributed by atoms with Crippen LogP contribution in [0.4, 0.5) is 0 Å². The van der Waals surface area contributed by atoms with Gasteiger partial charge < -0.3 is 5.11 Å². The molecule has 0 heterocycles. The van der Waals surface area contributed by atoms with E-state index in [0.29, 0.717) is 6.42 Å². The zero-order valence-corrected chi connectivity index (χ0v) is 8.57. The predicted octanol–water partition coefficient (Wildman–Crippen LogP) is 1.02. The highest BCUT2D eigenvalue weighted by Gasteiger charge is 2.13. The summed E-state index contributed by atoms with van der Waals surface area (Å²) >= 11 is 0. The molecule has 0 aliphatic rings. The number of aliphatic hydroxyl groups is 1. The molecule has 0 radical (unpaired) electrons. The van der Waals surface area contributed by atoms with Gasteiger partial charge in [0.25, 0.3) is 0 Å². The number of hydrogen-bond donors (Lipinski definition) is 1. The molecule has 0 aromatic heterocycles. The molecule has 0 bridgehead atoms. The van der Waals surface area contributed by atoms with Gasteiger partial charge in [0.15, 0.2) is 0 Å². The van der Waals surface area contributed by atoms with Crippen molar-refractivity contribution in [1.82, 2.24) is 0 Å². The third-order valence-corrected chi connectivity index (χ3v) is 2.60. The summed E-state index contributed by atoms with van der Waals surface area (Å²) in [5.74, 6) is 0.841. The maximum atomic E-state index is 10.6. The minimum Gasteiger partial charge on any atom is -0.392 e. The van der Waals surface area contributed by atoms with Gasteiger partial charge in [-0.3, -0.25) is 4.79 Å². The lowest BCUT2D eigenvalue weighted by molar-refractivity contribution is -0.118. The Kier molecular flexibility index (Phi) is 4.11. The second kappa shape index (κ2) is 4.12. The molecule has 1 unspecified atom stereocenters. The fourth-order valence-corrected chi connectivity index (χ4v) is 2.24. The Morgan fingerprint density at radius 2 is 1.91 bits per heavy atom. The molecular formula is C8H18O2S. The first kappa shape index (κ1) is 11.0. The van der Waals surface area contributed by atoms with Crippen LogP contribution in [0.1, 0.15) is 13.3 Å². The molecule has 0 aromatic rings. The highest BCUT2D eigenvalue weighted by molar-refractivity contribution is 8.32. The molecule has 0 spiro atoms. The van der Waals surface area contributed by atoms with Crippen LogP contribution in [-0.4, -0.2) is 41.5 Å². The van der Waals surface area contributed by atoms with Gasteiger partial charge in [0.05, 0.1) is 6.10 Å². The smallest absolute Gasteiger partial charge is 0.132 e. The number of Topliss-reactive ketones (excluding diaryl/α,β-unsaturated/α-hetero) is 1. The average molecular weight is 178 g/mol. The second-order valence-electron chi connectivity index (χ2n) is 3.82. The van der Waals surface area contributed by atoms with Crippen LogP contribution < -0.4 is 0 Å². The van der Waals surface area contributed by atoms with Crippen molar-refractivity contribution in [2.75, 3.05) is 24.5 Å². The van der Waals surface area contributed by atoms with E-state index < -0.39 is 16.1 Å². The second-order valence-corrected chi connectivity index (χ2v) is 8.33. The van der Waals surface area contributed by atoms with Crippen LogP contribution in [0.3, 0.4) is 0 Å². The van der Waals surface area contributed by atoms with E-state index in [4.69, 9.17) is 0 Å². The lowest BCUT2D eigenvalue weighted by atomic mass is 10.2. The Morgan fingerprint density at radius 3 is 2.18 bits per heavy atom. The summed E-state index contributed by atoms with van der Waals surface area (Å²) in [4.78, 5) is 10.6. The number of carbonyl (C=O) groups is 1. The van der Waals surface area contributed by atoms with Gasteiger partial charge in [0.2, 0.25) is 0 Å². The Hall–Kier alpha value is -0.0200. The van der Waals surface area contributed by atoms with Crippen molar-refractivity contribution < 1.29 is 9.90 Å².